The van der Waals surface area contributed by atoms with E-state index in [4.69, 9.17) is 22.1 Å². The molecule has 3 heteroatoms. The van der Waals surface area contributed by atoms with E-state index in [1.54, 1.807) is 0 Å². The standard InChI is InChI=1S/C15H22ClNO/c1-15(17,12-5-2-6-13(16)11-12)9-3-7-14-8-4-10-18-14/h2,5-6,11,14H,3-4,7-10,17H2,1H3. The number of hydrogen-bond donors (Lipinski definition) is 1. The summed E-state index contributed by atoms with van der Waals surface area (Å²) in [6, 6.07) is 7.86. The average molecular weight is 268 g/mol. The summed E-state index contributed by atoms with van der Waals surface area (Å²) in [6.07, 6.45) is 6.06. The fourth-order valence-electron chi connectivity index (χ4n) is 2.56. The summed E-state index contributed by atoms with van der Waals surface area (Å²) in [7, 11) is 0. The largest absolute Gasteiger partial charge is 0.378 e. The lowest BCUT2D eigenvalue weighted by Crippen LogP contribution is -2.33. The third-order valence-corrected chi connectivity index (χ3v) is 3.97. The van der Waals surface area contributed by atoms with E-state index in [0.29, 0.717) is 6.10 Å². The molecule has 1 aliphatic heterocycles. The molecule has 0 aliphatic carbocycles. The number of ether oxygens (including phenoxy) is 1. The van der Waals surface area contributed by atoms with Crippen LogP contribution in [0.1, 0.15) is 44.6 Å². The maximum atomic E-state index is 6.39. The van der Waals surface area contributed by atoms with E-state index in [-0.39, 0.29) is 5.54 Å². The quantitative estimate of drug-likeness (QED) is 0.879. The van der Waals surface area contributed by atoms with Crippen LogP contribution in [-0.4, -0.2) is 12.7 Å². The van der Waals surface area contributed by atoms with Crippen LogP contribution in [0.5, 0.6) is 0 Å². The Balaban J connectivity index is 1.86. The van der Waals surface area contributed by atoms with Gasteiger partial charge in [0.1, 0.15) is 0 Å². The number of nitrogens with two attached hydrogens (primary N) is 1. The lowest BCUT2D eigenvalue weighted by Gasteiger charge is -2.26. The molecule has 2 atom stereocenters. The van der Waals surface area contributed by atoms with Crippen molar-refractivity contribution >= 4 is 11.6 Å². The first-order valence-electron chi connectivity index (χ1n) is 6.74. The van der Waals surface area contributed by atoms with Gasteiger partial charge in [-0.25, -0.2) is 0 Å². The summed E-state index contributed by atoms with van der Waals surface area (Å²) in [5, 5.41) is 0.753. The molecule has 1 saturated heterocycles. The van der Waals surface area contributed by atoms with E-state index < -0.39 is 0 Å². The van der Waals surface area contributed by atoms with Gasteiger partial charge >= 0.3 is 0 Å². The van der Waals surface area contributed by atoms with E-state index in [2.05, 4.69) is 13.0 Å². The molecule has 0 radical (unpaired) electrons. The fourth-order valence-corrected chi connectivity index (χ4v) is 2.75. The van der Waals surface area contributed by atoms with Crippen LogP contribution in [0, 0.1) is 0 Å². The van der Waals surface area contributed by atoms with Gasteiger partial charge in [0.2, 0.25) is 0 Å². The molecule has 0 amide bonds. The Morgan fingerprint density at radius 3 is 3.00 bits per heavy atom. The number of benzene rings is 1. The fraction of sp³-hybridized carbons (Fsp3) is 0.600. The zero-order chi connectivity index (χ0) is 13.0. The SMILES string of the molecule is CC(N)(CCCC1CCCO1)c1cccc(Cl)c1. The van der Waals surface area contributed by atoms with E-state index in [0.717, 1.165) is 36.5 Å². The summed E-state index contributed by atoms with van der Waals surface area (Å²) < 4.78 is 5.63. The summed E-state index contributed by atoms with van der Waals surface area (Å²) in [6.45, 7) is 3.01. The predicted octanol–water partition coefficient (Wildman–Crippen LogP) is 3.86. The topological polar surface area (TPSA) is 35.2 Å². The van der Waals surface area contributed by atoms with Gasteiger partial charge in [-0.2, -0.15) is 0 Å². The molecule has 1 aliphatic rings. The third kappa shape index (κ3) is 3.71. The molecule has 0 saturated carbocycles. The Labute approximate surface area is 114 Å². The maximum absolute atomic E-state index is 6.39. The van der Waals surface area contributed by atoms with Crippen molar-refractivity contribution in [1.29, 1.82) is 0 Å². The molecule has 1 aromatic rings. The monoisotopic (exact) mass is 267 g/mol. The number of halogens is 1. The molecule has 0 bridgehead atoms. The zero-order valence-corrected chi connectivity index (χ0v) is 11.7. The normalized spacial score (nSPS) is 22.9. The molecule has 18 heavy (non-hydrogen) atoms. The second kappa shape index (κ2) is 6.05. The second-order valence-electron chi connectivity index (χ2n) is 5.46. The highest BCUT2D eigenvalue weighted by molar-refractivity contribution is 6.30. The summed E-state index contributed by atoms with van der Waals surface area (Å²) >= 11 is 6.01. The molecule has 1 fully saturated rings. The average Bonchev–Trinajstić information content (AvgIpc) is 2.82. The van der Waals surface area contributed by atoms with Gasteiger partial charge in [0.25, 0.3) is 0 Å². The first-order valence-corrected chi connectivity index (χ1v) is 7.12. The van der Waals surface area contributed by atoms with Crippen molar-refractivity contribution < 1.29 is 4.74 Å². The van der Waals surface area contributed by atoms with E-state index >= 15 is 0 Å². The molecule has 0 aromatic heterocycles. The van der Waals surface area contributed by atoms with E-state index in [9.17, 15) is 0 Å². The van der Waals surface area contributed by atoms with Gasteiger partial charge in [-0.05, 0) is 56.7 Å². The number of rotatable bonds is 5. The summed E-state index contributed by atoms with van der Waals surface area (Å²) in [4.78, 5) is 0. The van der Waals surface area contributed by atoms with Crippen LogP contribution in [0.3, 0.4) is 0 Å². The van der Waals surface area contributed by atoms with Crippen LogP contribution in [0.4, 0.5) is 0 Å². The van der Waals surface area contributed by atoms with Crippen LogP contribution >= 0.6 is 11.6 Å². The predicted molar refractivity (Wildman–Crippen MR) is 75.8 cm³/mol. The van der Waals surface area contributed by atoms with Crippen LogP contribution in [0.2, 0.25) is 5.02 Å². The first-order chi connectivity index (χ1) is 8.58. The van der Waals surface area contributed by atoms with Crippen LogP contribution in [-0.2, 0) is 10.3 Å². The molecule has 2 unspecified atom stereocenters. The molecule has 2 N–H and O–H groups in total. The smallest absolute Gasteiger partial charge is 0.0576 e. The molecule has 0 spiro atoms. The zero-order valence-electron chi connectivity index (χ0n) is 11.0. The van der Waals surface area contributed by atoms with Crippen LogP contribution in [0.15, 0.2) is 24.3 Å². The van der Waals surface area contributed by atoms with Gasteiger partial charge in [0.05, 0.1) is 6.10 Å². The highest BCUT2D eigenvalue weighted by atomic mass is 35.5. The molecular formula is C15H22ClNO. The molecule has 1 aromatic carbocycles. The van der Waals surface area contributed by atoms with E-state index in [1.807, 2.05) is 18.2 Å². The third-order valence-electron chi connectivity index (χ3n) is 3.73. The minimum absolute atomic E-state index is 0.302. The number of hydrogen-bond acceptors (Lipinski definition) is 2. The van der Waals surface area contributed by atoms with Gasteiger partial charge in [-0.1, -0.05) is 23.7 Å². The molecular weight excluding hydrogens is 246 g/mol. The van der Waals surface area contributed by atoms with Gasteiger partial charge in [0, 0.05) is 17.2 Å². The maximum Gasteiger partial charge on any atom is 0.0576 e. The van der Waals surface area contributed by atoms with Crippen molar-refractivity contribution in [3.05, 3.63) is 34.9 Å². The Hall–Kier alpha value is -0.570. The highest BCUT2D eigenvalue weighted by Gasteiger charge is 2.22. The van der Waals surface area contributed by atoms with Crippen molar-refractivity contribution in [2.24, 2.45) is 5.73 Å². The van der Waals surface area contributed by atoms with Crippen molar-refractivity contribution in [3.8, 4) is 0 Å². The lowest BCUT2D eigenvalue weighted by atomic mass is 9.87. The van der Waals surface area contributed by atoms with Gasteiger partial charge in [-0.15, -0.1) is 0 Å². The Kier molecular flexibility index (Phi) is 4.66. The Morgan fingerprint density at radius 2 is 2.33 bits per heavy atom. The Morgan fingerprint density at radius 1 is 1.50 bits per heavy atom. The Bertz CT molecular complexity index is 386. The van der Waals surface area contributed by atoms with Crippen molar-refractivity contribution in [2.45, 2.75) is 50.7 Å². The van der Waals surface area contributed by atoms with Gasteiger partial charge < -0.3 is 10.5 Å². The van der Waals surface area contributed by atoms with Gasteiger partial charge in [-0.3, -0.25) is 0 Å². The minimum Gasteiger partial charge on any atom is -0.378 e. The molecule has 2 rings (SSSR count). The van der Waals surface area contributed by atoms with Crippen molar-refractivity contribution in [3.63, 3.8) is 0 Å². The molecule has 2 nitrogen and oxygen atoms in total. The van der Waals surface area contributed by atoms with E-state index in [1.165, 1.54) is 12.8 Å². The highest BCUT2D eigenvalue weighted by Crippen LogP contribution is 2.27. The van der Waals surface area contributed by atoms with Crippen LogP contribution in [0.25, 0.3) is 0 Å². The minimum atomic E-state index is -0.302. The molecule has 1 heterocycles. The van der Waals surface area contributed by atoms with Gasteiger partial charge in [0.15, 0.2) is 0 Å². The summed E-state index contributed by atoms with van der Waals surface area (Å²) in [5.74, 6) is 0. The second-order valence-corrected chi connectivity index (χ2v) is 5.89. The van der Waals surface area contributed by atoms with Crippen molar-refractivity contribution in [1.82, 2.24) is 0 Å². The van der Waals surface area contributed by atoms with Crippen LogP contribution < -0.4 is 5.73 Å². The summed E-state index contributed by atoms with van der Waals surface area (Å²) in [5.41, 5.74) is 7.20. The molecule has 100 valence electrons. The lowest BCUT2D eigenvalue weighted by molar-refractivity contribution is 0.100. The van der Waals surface area contributed by atoms with Crippen molar-refractivity contribution in [2.75, 3.05) is 6.61 Å². The first kappa shape index (κ1) is 13.9.